The average Bonchev–Trinajstić information content (AvgIpc) is 3.41. The van der Waals surface area contributed by atoms with Crippen LogP contribution in [-0.2, 0) is 12.8 Å². The molecule has 0 bridgehead atoms. The van der Waals surface area contributed by atoms with Gasteiger partial charge in [0, 0.05) is 11.1 Å². The number of allylic oxidation sites excluding steroid dienone is 1. The fourth-order valence-corrected chi connectivity index (χ4v) is 4.59. The minimum absolute atomic E-state index is 0.231. The summed E-state index contributed by atoms with van der Waals surface area (Å²) >= 11 is 0. The summed E-state index contributed by atoms with van der Waals surface area (Å²) in [5, 5.41) is 13.0. The van der Waals surface area contributed by atoms with Crippen LogP contribution in [0.5, 0.6) is 5.75 Å². The number of carbonyl (C=O) groups is 1. The van der Waals surface area contributed by atoms with Crippen molar-refractivity contribution in [2.24, 2.45) is 5.92 Å². The number of rotatable bonds is 15. The lowest BCUT2D eigenvalue weighted by atomic mass is 9.91. The van der Waals surface area contributed by atoms with E-state index in [1.165, 1.54) is 19.3 Å². The molecule has 0 aliphatic carbocycles. The molecule has 2 N–H and O–H groups in total. The molecule has 1 heterocycles. The van der Waals surface area contributed by atoms with Crippen LogP contribution in [0.1, 0.15) is 66.1 Å². The molecule has 7 heteroatoms. The normalized spacial score (nSPS) is 12.0. The lowest BCUT2D eigenvalue weighted by molar-refractivity contribution is 0.0697. The predicted octanol–water partition coefficient (Wildman–Crippen LogP) is 7.19. The molecular formula is C33H36N2O5. The Bertz CT molecular complexity index is 1430. The van der Waals surface area contributed by atoms with Crippen LogP contribution in [0.3, 0.4) is 0 Å². The molecule has 208 valence electrons. The van der Waals surface area contributed by atoms with Gasteiger partial charge in [0.2, 0.25) is 0 Å². The molecule has 0 aliphatic heterocycles. The monoisotopic (exact) mass is 540 g/mol. The van der Waals surface area contributed by atoms with Gasteiger partial charge in [-0.25, -0.2) is 9.59 Å². The molecular weight excluding hydrogens is 504 g/mol. The predicted molar refractivity (Wildman–Crippen MR) is 157 cm³/mol. The highest BCUT2D eigenvalue weighted by molar-refractivity contribution is 5.87. The number of carboxylic acid groups (broad SMARTS) is 1. The number of aromatic nitrogens is 2. The molecule has 1 aromatic heterocycles. The fourth-order valence-electron chi connectivity index (χ4n) is 4.59. The minimum atomic E-state index is -0.920. The third-order valence-corrected chi connectivity index (χ3v) is 6.89. The zero-order valence-electron chi connectivity index (χ0n) is 22.8. The highest BCUT2D eigenvalue weighted by Crippen LogP contribution is 2.24. The van der Waals surface area contributed by atoms with Gasteiger partial charge in [0.25, 0.3) is 0 Å². The number of hydrogen-bond donors (Lipinski definition) is 2. The fraction of sp³-hybridized carbons (Fsp3) is 0.303. The Morgan fingerprint density at radius 1 is 1.00 bits per heavy atom. The summed E-state index contributed by atoms with van der Waals surface area (Å²) < 4.78 is 10.7. The van der Waals surface area contributed by atoms with Crippen LogP contribution in [0.15, 0.2) is 88.2 Å². The van der Waals surface area contributed by atoms with Gasteiger partial charge in [0.05, 0.1) is 12.2 Å². The van der Waals surface area contributed by atoms with E-state index in [4.69, 9.17) is 4.74 Å². The van der Waals surface area contributed by atoms with Crippen molar-refractivity contribution in [3.8, 4) is 17.1 Å². The second kappa shape index (κ2) is 14.7. The van der Waals surface area contributed by atoms with Gasteiger partial charge in [-0.2, -0.15) is 0 Å². The number of hydrogen-bond acceptors (Lipinski definition) is 5. The van der Waals surface area contributed by atoms with Gasteiger partial charge in [-0.1, -0.05) is 98.1 Å². The number of aromatic amines is 1. The van der Waals surface area contributed by atoms with E-state index in [9.17, 15) is 14.7 Å². The minimum Gasteiger partial charge on any atom is -0.493 e. The Morgan fingerprint density at radius 2 is 1.75 bits per heavy atom. The number of unbranched alkanes of at least 4 members (excludes halogenated alkanes) is 3. The van der Waals surface area contributed by atoms with Crippen LogP contribution in [0.4, 0.5) is 0 Å². The van der Waals surface area contributed by atoms with Crippen LogP contribution in [0, 0.1) is 5.92 Å². The third kappa shape index (κ3) is 8.56. The maximum absolute atomic E-state index is 11.3. The first-order valence-corrected chi connectivity index (χ1v) is 13.9. The van der Waals surface area contributed by atoms with E-state index in [1.807, 2.05) is 54.6 Å². The van der Waals surface area contributed by atoms with E-state index < -0.39 is 11.7 Å². The van der Waals surface area contributed by atoms with Crippen molar-refractivity contribution >= 4 is 12.0 Å². The smallest absolute Gasteiger partial charge is 0.439 e. The van der Waals surface area contributed by atoms with Gasteiger partial charge in [-0.15, -0.1) is 0 Å². The largest absolute Gasteiger partial charge is 0.493 e. The van der Waals surface area contributed by atoms with Gasteiger partial charge >= 0.3 is 11.7 Å². The second-order valence-electron chi connectivity index (χ2n) is 9.95. The van der Waals surface area contributed by atoms with E-state index in [1.54, 1.807) is 12.1 Å². The third-order valence-electron chi connectivity index (χ3n) is 6.89. The SMILES string of the molecule is CCCCCCOc1ccccc1/C=C/C(CCc1ccc(C(=O)O)cc1)Cc1ccc(-c2noc(=O)[nH]2)cc1. The van der Waals surface area contributed by atoms with E-state index in [0.29, 0.717) is 18.0 Å². The first-order chi connectivity index (χ1) is 19.5. The summed E-state index contributed by atoms with van der Waals surface area (Å²) in [6.07, 6.45) is 11.6. The van der Waals surface area contributed by atoms with Crippen molar-refractivity contribution in [2.45, 2.75) is 51.9 Å². The van der Waals surface area contributed by atoms with E-state index in [0.717, 1.165) is 53.7 Å². The quantitative estimate of drug-likeness (QED) is 0.155. The van der Waals surface area contributed by atoms with Crippen LogP contribution >= 0.6 is 0 Å². The first kappa shape index (κ1) is 28.6. The second-order valence-corrected chi connectivity index (χ2v) is 9.95. The molecule has 0 saturated carbocycles. The highest BCUT2D eigenvalue weighted by atomic mass is 16.5. The van der Waals surface area contributed by atoms with Gasteiger partial charge in [0.15, 0.2) is 5.82 Å². The number of nitrogens with one attached hydrogen (secondary N) is 1. The molecule has 0 radical (unpaired) electrons. The Labute approximate surface area is 234 Å². The van der Waals surface area contributed by atoms with Crippen molar-refractivity contribution in [3.63, 3.8) is 0 Å². The number of aryl methyl sites for hydroxylation is 1. The molecule has 1 unspecified atom stereocenters. The number of carboxylic acids is 1. The van der Waals surface area contributed by atoms with Crippen molar-refractivity contribution in [1.29, 1.82) is 0 Å². The number of para-hydroxylation sites is 1. The number of benzene rings is 3. The maximum atomic E-state index is 11.3. The summed E-state index contributed by atoms with van der Waals surface area (Å²) in [5.41, 5.74) is 4.39. The topological polar surface area (TPSA) is 105 Å². The first-order valence-electron chi connectivity index (χ1n) is 13.9. The molecule has 3 aromatic carbocycles. The summed E-state index contributed by atoms with van der Waals surface area (Å²) in [5.74, 6) is 0.0328. The molecule has 40 heavy (non-hydrogen) atoms. The van der Waals surface area contributed by atoms with E-state index in [2.05, 4.69) is 39.8 Å². The average molecular weight is 541 g/mol. The van der Waals surface area contributed by atoms with Crippen molar-refractivity contribution in [2.75, 3.05) is 6.61 Å². The zero-order valence-corrected chi connectivity index (χ0v) is 22.8. The molecule has 7 nitrogen and oxygen atoms in total. The lowest BCUT2D eigenvalue weighted by Crippen LogP contribution is -2.04. The van der Waals surface area contributed by atoms with Gasteiger partial charge < -0.3 is 9.84 Å². The number of aromatic carboxylic acids is 1. The molecule has 0 saturated heterocycles. The van der Waals surface area contributed by atoms with Crippen LogP contribution in [-0.4, -0.2) is 27.8 Å². The molecule has 4 rings (SSSR count). The molecule has 4 aromatic rings. The molecule has 0 spiro atoms. The Hall–Kier alpha value is -4.39. The van der Waals surface area contributed by atoms with Crippen molar-refractivity contribution in [3.05, 3.63) is 112 Å². The van der Waals surface area contributed by atoms with Crippen LogP contribution in [0.2, 0.25) is 0 Å². The summed E-state index contributed by atoms with van der Waals surface area (Å²) in [6, 6.07) is 23.1. The van der Waals surface area contributed by atoms with Crippen molar-refractivity contribution in [1.82, 2.24) is 10.1 Å². The van der Waals surface area contributed by atoms with Gasteiger partial charge in [0.1, 0.15) is 5.75 Å². The van der Waals surface area contributed by atoms with E-state index in [-0.39, 0.29) is 5.92 Å². The highest BCUT2D eigenvalue weighted by Gasteiger charge is 2.11. The Morgan fingerprint density at radius 3 is 2.45 bits per heavy atom. The number of nitrogens with zero attached hydrogens (tertiary/aromatic N) is 1. The van der Waals surface area contributed by atoms with Gasteiger partial charge in [-0.05, 0) is 60.9 Å². The standard InChI is InChI=1S/C33H36N2O5/c1-2-3-4-7-22-39-30-9-6-5-8-27(30)17-14-25(11-10-24-12-20-29(21-13-24)32(36)37)23-26-15-18-28(19-16-26)31-34-33(38)40-35-31/h5-6,8-9,12-21,25H,2-4,7,10-11,22-23H2,1H3,(H,36,37)(H,34,35,38)/b17-14+. The Kier molecular flexibility index (Phi) is 10.5. The van der Waals surface area contributed by atoms with Crippen LogP contribution < -0.4 is 10.5 Å². The molecule has 0 fully saturated rings. The molecule has 1 atom stereocenters. The van der Waals surface area contributed by atoms with Crippen LogP contribution in [0.25, 0.3) is 17.5 Å². The van der Waals surface area contributed by atoms with E-state index >= 15 is 0 Å². The summed E-state index contributed by atoms with van der Waals surface area (Å²) in [6.45, 7) is 2.92. The summed E-state index contributed by atoms with van der Waals surface area (Å²) in [7, 11) is 0. The van der Waals surface area contributed by atoms with Crippen molar-refractivity contribution < 1.29 is 19.2 Å². The lowest BCUT2D eigenvalue weighted by Gasteiger charge is -2.15. The summed E-state index contributed by atoms with van der Waals surface area (Å²) in [4.78, 5) is 25.1. The zero-order chi connectivity index (χ0) is 28.2. The van der Waals surface area contributed by atoms with Gasteiger partial charge in [-0.3, -0.25) is 9.51 Å². The molecule has 0 aliphatic rings. The Balaban J connectivity index is 1.48. The number of ether oxygens (including phenoxy) is 1. The maximum Gasteiger partial charge on any atom is 0.439 e. The molecule has 0 amide bonds. The number of H-pyrrole nitrogens is 1.